The minimum absolute atomic E-state index is 0.00796. The van der Waals surface area contributed by atoms with Crippen molar-refractivity contribution < 1.29 is 17.9 Å². The van der Waals surface area contributed by atoms with Crippen molar-refractivity contribution in [2.45, 2.75) is 25.1 Å². The number of alkyl halides is 3. The molecule has 1 aromatic heterocycles. The molecule has 0 bridgehead atoms. The highest BCUT2D eigenvalue weighted by Gasteiger charge is 2.38. The molecule has 2 rings (SSSR count). The van der Waals surface area contributed by atoms with E-state index in [9.17, 15) is 13.2 Å². The highest BCUT2D eigenvalue weighted by Crippen LogP contribution is 2.37. The summed E-state index contributed by atoms with van der Waals surface area (Å²) >= 11 is 1.05. The molecule has 1 aliphatic heterocycles. The van der Waals surface area contributed by atoms with Crippen molar-refractivity contribution in [1.82, 2.24) is 4.98 Å². The van der Waals surface area contributed by atoms with E-state index in [0.29, 0.717) is 18.2 Å². The van der Waals surface area contributed by atoms with Gasteiger partial charge < -0.3 is 10.5 Å². The van der Waals surface area contributed by atoms with Gasteiger partial charge in [0.2, 0.25) is 0 Å². The second kappa shape index (κ2) is 4.31. The molecule has 3 nitrogen and oxygen atoms in total. The van der Waals surface area contributed by atoms with Gasteiger partial charge >= 0.3 is 6.18 Å². The van der Waals surface area contributed by atoms with E-state index in [1.165, 1.54) is 0 Å². The molecule has 0 amide bonds. The number of thiazole rings is 1. The molecule has 1 aliphatic rings. The van der Waals surface area contributed by atoms with Crippen LogP contribution in [0.4, 0.5) is 13.2 Å². The Hall–Kier alpha value is -0.660. The van der Waals surface area contributed by atoms with Crippen LogP contribution in [-0.4, -0.2) is 18.2 Å². The Bertz CT molecular complexity index is 371. The average Bonchev–Trinajstić information content (AvgIpc) is 2.85. The number of hydrogen-bond acceptors (Lipinski definition) is 4. The van der Waals surface area contributed by atoms with Crippen LogP contribution >= 0.6 is 11.3 Å². The Morgan fingerprint density at radius 2 is 2.25 bits per heavy atom. The summed E-state index contributed by atoms with van der Waals surface area (Å²) < 4.78 is 42.9. The first-order valence-corrected chi connectivity index (χ1v) is 5.68. The summed E-state index contributed by atoms with van der Waals surface area (Å²) in [7, 11) is 0. The Labute approximate surface area is 94.4 Å². The zero-order valence-corrected chi connectivity index (χ0v) is 9.20. The van der Waals surface area contributed by atoms with Crippen LogP contribution in [0.25, 0.3) is 0 Å². The second-order valence-electron chi connectivity index (χ2n) is 3.59. The molecule has 90 valence electrons. The van der Waals surface area contributed by atoms with Crippen molar-refractivity contribution in [2.24, 2.45) is 5.73 Å². The number of ether oxygens (including phenoxy) is 1. The number of nitrogens with zero attached hydrogens (tertiary/aromatic N) is 1. The van der Waals surface area contributed by atoms with Gasteiger partial charge in [-0.15, -0.1) is 11.3 Å². The quantitative estimate of drug-likeness (QED) is 0.877. The van der Waals surface area contributed by atoms with Crippen molar-refractivity contribution in [2.75, 3.05) is 13.2 Å². The average molecular weight is 252 g/mol. The Balaban J connectivity index is 2.31. The standard InChI is InChI=1S/C9H11F3N2OS/c10-9(11,12)7-6(3-13)16-8(14-7)5-1-2-15-4-5/h5H,1-4,13H2. The summed E-state index contributed by atoms with van der Waals surface area (Å²) in [4.78, 5) is 3.77. The molecule has 0 saturated carbocycles. The molecular weight excluding hydrogens is 241 g/mol. The van der Waals surface area contributed by atoms with Crippen molar-refractivity contribution in [3.8, 4) is 0 Å². The number of rotatable bonds is 2. The highest BCUT2D eigenvalue weighted by molar-refractivity contribution is 7.11. The van der Waals surface area contributed by atoms with Crippen molar-refractivity contribution in [1.29, 1.82) is 0 Å². The van der Waals surface area contributed by atoms with Crippen LogP contribution in [0, 0.1) is 0 Å². The van der Waals surface area contributed by atoms with Crippen LogP contribution in [0.5, 0.6) is 0 Å². The predicted octanol–water partition coefficient (Wildman–Crippen LogP) is 2.12. The summed E-state index contributed by atoms with van der Waals surface area (Å²) in [6, 6.07) is 0. The van der Waals surface area contributed by atoms with Gasteiger partial charge in [-0.25, -0.2) is 4.98 Å². The van der Waals surface area contributed by atoms with Gasteiger partial charge in [0.05, 0.1) is 16.5 Å². The third kappa shape index (κ3) is 2.21. The van der Waals surface area contributed by atoms with Crippen molar-refractivity contribution in [3.63, 3.8) is 0 Å². The number of aromatic nitrogens is 1. The van der Waals surface area contributed by atoms with E-state index in [4.69, 9.17) is 10.5 Å². The molecule has 2 heterocycles. The van der Waals surface area contributed by atoms with Gasteiger partial charge in [0.25, 0.3) is 0 Å². The van der Waals surface area contributed by atoms with Gasteiger partial charge in [0.1, 0.15) is 0 Å². The topological polar surface area (TPSA) is 48.1 Å². The van der Waals surface area contributed by atoms with E-state index in [-0.39, 0.29) is 17.3 Å². The Morgan fingerprint density at radius 1 is 1.50 bits per heavy atom. The summed E-state index contributed by atoms with van der Waals surface area (Å²) in [5.41, 5.74) is 4.47. The number of hydrogen-bond donors (Lipinski definition) is 1. The van der Waals surface area contributed by atoms with Gasteiger partial charge in [-0.3, -0.25) is 0 Å². The van der Waals surface area contributed by atoms with Crippen molar-refractivity contribution >= 4 is 11.3 Å². The van der Waals surface area contributed by atoms with Gasteiger partial charge in [0.15, 0.2) is 5.69 Å². The molecule has 0 aromatic carbocycles. The van der Waals surface area contributed by atoms with Crippen LogP contribution in [0.3, 0.4) is 0 Å². The molecule has 1 saturated heterocycles. The minimum Gasteiger partial charge on any atom is -0.381 e. The fraction of sp³-hybridized carbons (Fsp3) is 0.667. The maximum atomic E-state index is 12.6. The Kier molecular flexibility index (Phi) is 3.18. The molecule has 1 atom stereocenters. The normalized spacial score (nSPS) is 21.6. The van der Waals surface area contributed by atoms with E-state index in [1.54, 1.807) is 0 Å². The highest BCUT2D eigenvalue weighted by atomic mass is 32.1. The lowest BCUT2D eigenvalue weighted by atomic mass is 10.1. The molecule has 2 N–H and O–H groups in total. The van der Waals surface area contributed by atoms with Gasteiger partial charge in [0, 0.05) is 19.1 Å². The lowest BCUT2D eigenvalue weighted by Gasteiger charge is -2.04. The van der Waals surface area contributed by atoms with Crippen molar-refractivity contribution in [3.05, 3.63) is 15.6 Å². The molecule has 1 fully saturated rings. The number of halogens is 3. The minimum atomic E-state index is -4.41. The third-order valence-corrected chi connectivity index (χ3v) is 3.69. The molecular formula is C9H11F3N2OS. The van der Waals surface area contributed by atoms with Crippen LogP contribution in [0.1, 0.15) is 27.9 Å². The summed E-state index contributed by atoms with van der Waals surface area (Å²) in [6.07, 6.45) is -3.68. The van der Waals surface area contributed by atoms with E-state index in [1.807, 2.05) is 0 Å². The maximum Gasteiger partial charge on any atom is 0.434 e. The Morgan fingerprint density at radius 3 is 2.69 bits per heavy atom. The largest absolute Gasteiger partial charge is 0.434 e. The summed E-state index contributed by atoms with van der Waals surface area (Å²) in [5.74, 6) is -0.00796. The van der Waals surface area contributed by atoms with Crippen LogP contribution in [-0.2, 0) is 17.5 Å². The molecule has 7 heteroatoms. The summed E-state index contributed by atoms with van der Waals surface area (Å²) in [5, 5.41) is 0.491. The fourth-order valence-electron chi connectivity index (χ4n) is 1.63. The van der Waals surface area contributed by atoms with Gasteiger partial charge in [-0.2, -0.15) is 13.2 Å². The van der Waals surface area contributed by atoms with E-state index in [0.717, 1.165) is 17.8 Å². The van der Waals surface area contributed by atoms with E-state index < -0.39 is 11.9 Å². The third-order valence-electron chi connectivity index (χ3n) is 2.45. The first-order valence-electron chi connectivity index (χ1n) is 4.87. The molecule has 1 aromatic rings. The maximum absolute atomic E-state index is 12.6. The van der Waals surface area contributed by atoms with E-state index >= 15 is 0 Å². The lowest BCUT2D eigenvalue weighted by Crippen LogP contribution is -2.11. The second-order valence-corrected chi connectivity index (χ2v) is 4.70. The first kappa shape index (κ1) is 11.8. The van der Waals surface area contributed by atoms with Crippen LogP contribution in [0.2, 0.25) is 0 Å². The fourth-order valence-corrected chi connectivity index (χ4v) is 2.72. The molecule has 0 aliphatic carbocycles. The van der Waals surface area contributed by atoms with Crippen LogP contribution in [0.15, 0.2) is 0 Å². The monoisotopic (exact) mass is 252 g/mol. The lowest BCUT2D eigenvalue weighted by molar-refractivity contribution is -0.141. The zero-order chi connectivity index (χ0) is 11.8. The molecule has 0 radical (unpaired) electrons. The van der Waals surface area contributed by atoms with E-state index in [2.05, 4.69) is 4.98 Å². The molecule has 16 heavy (non-hydrogen) atoms. The number of nitrogens with two attached hydrogens (primary N) is 1. The van der Waals surface area contributed by atoms with Crippen LogP contribution < -0.4 is 5.73 Å². The predicted molar refractivity (Wildman–Crippen MR) is 53.2 cm³/mol. The summed E-state index contributed by atoms with van der Waals surface area (Å²) in [6.45, 7) is 0.915. The molecule has 0 spiro atoms. The first-order chi connectivity index (χ1) is 7.52. The molecule has 1 unspecified atom stereocenters. The zero-order valence-electron chi connectivity index (χ0n) is 8.38. The SMILES string of the molecule is NCc1sc(C2CCOC2)nc1C(F)(F)F. The smallest absolute Gasteiger partial charge is 0.381 e. The van der Waals surface area contributed by atoms with Gasteiger partial charge in [-0.1, -0.05) is 0 Å². The van der Waals surface area contributed by atoms with Gasteiger partial charge in [-0.05, 0) is 6.42 Å².